The molecule has 0 fully saturated rings. The molecule has 0 aliphatic carbocycles. The van der Waals surface area contributed by atoms with Crippen molar-refractivity contribution in [3.63, 3.8) is 0 Å². The fraction of sp³-hybridized carbons (Fsp3) is 0.409. The largest absolute Gasteiger partial charge is 0.348 e. The Kier molecular flexibility index (Phi) is 6.55. The van der Waals surface area contributed by atoms with Crippen LogP contribution >= 0.6 is 0 Å². The van der Waals surface area contributed by atoms with Crippen molar-refractivity contribution in [2.45, 2.75) is 53.6 Å². The monoisotopic (exact) mass is 402 g/mol. The molecule has 0 bridgehead atoms. The van der Waals surface area contributed by atoms with Gasteiger partial charge in [0.2, 0.25) is 15.9 Å². The zero-order valence-electron chi connectivity index (χ0n) is 17.7. The average molecular weight is 403 g/mol. The molecule has 152 valence electrons. The van der Waals surface area contributed by atoms with E-state index in [-0.39, 0.29) is 11.9 Å². The molecule has 2 aromatic rings. The molecule has 2 aromatic carbocycles. The first-order chi connectivity index (χ1) is 12.9. The van der Waals surface area contributed by atoms with Crippen LogP contribution in [0.5, 0.6) is 0 Å². The summed E-state index contributed by atoms with van der Waals surface area (Å²) in [4.78, 5) is 12.9. The minimum atomic E-state index is -3.64. The number of nitrogens with one attached hydrogen (secondary N) is 1. The number of hydrogen-bond acceptors (Lipinski definition) is 3. The van der Waals surface area contributed by atoms with Crippen LogP contribution in [0, 0.1) is 27.7 Å². The zero-order chi connectivity index (χ0) is 21.2. The van der Waals surface area contributed by atoms with Crippen molar-refractivity contribution in [2.75, 3.05) is 10.6 Å². The standard InChI is InChI=1S/C22H30N2O3S/c1-14-9-11-20(17(4)12-14)18(5)23-22(25)19(6)24(28(7,26)27)21-13-15(2)8-10-16(21)3/h8-13,18-19H,1-7H3,(H,23,25)/t18-,19-/m0/s1. The van der Waals surface area contributed by atoms with Gasteiger partial charge >= 0.3 is 0 Å². The van der Waals surface area contributed by atoms with Gasteiger partial charge in [-0.15, -0.1) is 0 Å². The van der Waals surface area contributed by atoms with Gasteiger partial charge in [-0.2, -0.15) is 0 Å². The molecule has 5 nitrogen and oxygen atoms in total. The predicted octanol–water partition coefficient (Wildman–Crippen LogP) is 3.95. The maximum atomic E-state index is 12.9. The lowest BCUT2D eigenvalue weighted by Crippen LogP contribution is -2.48. The summed E-state index contributed by atoms with van der Waals surface area (Å²) in [7, 11) is -3.64. The minimum Gasteiger partial charge on any atom is -0.348 e. The molecule has 6 heteroatoms. The van der Waals surface area contributed by atoms with Crippen molar-refractivity contribution in [2.24, 2.45) is 0 Å². The molecule has 0 radical (unpaired) electrons. The number of rotatable bonds is 6. The molecule has 0 saturated carbocycles. The number of nitrogens with zero attached hydrogens (tertiary/aromatic N) is 1. The summed E-state index contributed by atoms with van der Waals surface area (Å²) in [6.07, 6.45) is 1.13. The Hall–Kier alpha value is -2.34. The normalized spacial score (nSPS) is 13.7. The average Bonchev–Trinajstić information content (AvgIpc) is 2.56. The zero-order valence-corrected chi connectivity index (χ0v) is 18.5. The van der Waals surface area contributed by atoms with Gasteiger partial charge in [0.15, 0.2) is 0 Å². The summed E-state index contributed by atoms with van der Waals surface area (Å²) >= 11 is 0. The fourth-order valence-electron chi connectivity index (χ4n) is 3.46. The van der Waals surface area contributed by atoms with Crippen molar-refractivity contribution < 1.29 is 13.2 Å². The molecule has 0 heterocycles. The number of carbonyl (C=O) groups excluding carboxylic acids is 1. The van der Waals surface area contributed by atoms with E-state index in [9.17, 15) is 13.2 Å². The van der Waals surface area contributed by atoms with Crippen molar-refractivity contribution in [1.82, 2.24) is 5.32 Å². The number of hydrogen-bond donors (Lipinski definition) is 1. The van der Waals surface area contributed by atoms with E-state index in [1.165, 1.54) is 4.31 Å². The van der Waals surface area contributed by atoms with E-state index < -0.39 is 16.1 Å². The highest BCUT2D eigenvalue weighted by atomic mass is 32.2. The number of aryl methyl sites for hydroxylation is 4. The van der Waals surface area contributed by atoms with Gasteiger partial charge in [0.1, 0.15) is 6.04 Å². The van der Waals surface area contributed by atoms with Gasteiger partial charge in [-0.05, 0) is 69.9 Å². The van der Waals surface area contributed by atoms with Gasteiger partial charge in [-0.25, -0.2) is 8.42 Å². The van der Waals surface area contributed by atoms with Crippen molar-refractivity contribution in [3.05, 3.63) is 64.2 Å². The van der Waals surface area contributed by atoms with Gasteiger partial charge in [0.25, 0.3) is 0 Å². The first kappa shape index (κ1) is 22.0. The van der Waals surface area contributed by atoms with Crippen molar-refractivity contribution in [1.29, 1.82) is 0 Å². The Morgan fingerprint density at radius 2 is 1.50 bits per heavy atom. The third kappa shape index (κ3) is 4.93. The van der Waals surface area contributed by atoms with E-state index in [2.05, 4.69) is 11.4 Å². The van der Waals surface area contributed by atoms with Gasteiger partial charge in [0, 0.05) is 0 Å². The maximum Gasteiger partial charge on any atom is 0.244 e. The number of benzene rings is 2. The van der Waals surface area contributed by atoms with Crippen LogP contribution in [0.3, 0.4) is 0 Å². The molecular formula is C22H30N2O3S. The van der Waals surface area contributed by atoms with E-state index >= 15 is 0 Å². The van der Waals surface area contributed by atoms with E-state index in [4.69, 9.17) is 0 Å². The van der Waals surface area contributed by atoms with Gasteiger partial charge in [0.05, 0.1) is 18.0 Å². The van der Waals surface area contributed by atoms with Crippen LogP contribution in [0.1, 0.15) is 47.7 Å². The molecule has 0 spiro atoms. The molecular weight excluding hydrogens is 372 g/mol. The molecule has 0 aromatic heterocycles. The topological polar surface area (TPSA) is 66.5 Å². The number of sulfonamides is 1. The summed E-state index contributed by atoms with van der Waals surface area (Å²) < 4.78 is 26.3. The van der Waals surface area contributed by atoms with Gasteiger partial charge < -0.3 is 5.32 Å². The molecule has 0 aliphatic rings. The smallest absolute Gasteiger partial charge is 0.244 e. The van der Waals surface area contributed by atoms with Gasteiger partial charge in [-0.1, -0.05) is 35.9 Å². The summed E-state index contributed by atoms with van der Waals surface area (Å²) in [5, 5.41) is 2.97. The minimum absolute atomic E-state index is 0.226. The highest BCUT2D eigenvalue weighted by molar-refractivity contribution is 7.92. The molecule has 28 heavy (non-hydrogen) atoms. The Morgan fingerprint density at radius 1 is 0.929 bits per heavy atom. The van der Waals surface area contributed by atoms with Crippen LogP contribution in [0.25, 0.3) is 0 Å². The summed E-state index contributed by atoms with van der Waals surface area (Å²) in [6.45, 7) is 11.3. The Labute approximate surface area is 168 Å². The van der Waals surface area contributed by atoms with Crippen molar-refractivity contribution in [3.8, 4) is 0 Å². The first-order valence-electron chi connectivity index (χ1n) is 9.36. The molecule has 2 atom stereocenters. The third-order valence-electron chi connectivity index (χ3n) is 4.94. The highest BCUT2D eigenvalue weighted by Crippen LogP contribution is 2.27. The summed E-state index contributed by atoms with van der Waals surface area (Å²) in [6, 6.07) is 10.6. The molecule has 0 unspecified atom stereocenters. The van der Waals surface area contributed by atoms with Crippen LogP contribution in [0.2, 0.25) is 0 Å². The van der Waals surface area contributed by atoms with Crippen molar-refractivity contribution >= 4 is 21.6 Å². The number of anilines is 1. The lowest BCUT2D eigenvalue weighted by molar-refractivity contribution is -0.122. The second-order valence-corrected chi connectivity index (χ2v) is 9.47. The number of amides is 1. The van der Waals surface area contributed by atoms with E-state index in [0.717, 1.165) is 34.1 Å². The maximum absolute atomic E-state index is 12.9. The predicted molar refractivity (Wildman–Crippen MR) is 115 cm³/mol. The Bertz CT molecular complexity index is 983. The third-order valence-corrected chi connectivity index (χ3v) is 6.17. The van der Waals surface area contributed by atoms with Crippen LogP contribution in [-0.2, 0) is 14.8 Å². The van der Waals surface area contributed by atoms with Crippen LogP contribution < -0.4 is 9.62 Å². The van der Waals surface area contributed by atoms with E-state index in [1.807, 2.05) is 58.9 Å². The van der Waals surface area contributed by atoms with Crippen LogP contribution in [0.15, 0.2) is 36.4 Å². The number of carbonyl (C=O) groups is 1. The molecule has 2 rings (SSSR count). The second-order valence-electron chi connectivity index (χ2n) is 7.62. The molecule has 1 amide bonds. The lowest BCUT2D eigenvalue weighted by Gasteiger charge is -2.31. The summed E-state index contributed by atoms with van der Waals surface area (Å²) in [5.41, 5.74) is 5.54. The molecule has 0 aliphatic heterocycles. The van der Waals surface area contributed by atoms with Crippen LogP contribution in [-0.4, -0.2) is 26.6 Å². The SMILES string of the molecule is Cc1ccc([C@H](C)NC(=O)[C@H](C)N(c2cc(C)ccc2C)S(C)(=O)=O)c(C)c1. The van der Waals surface area contributed by atoms with E-state index in [0.29, 0.717) is 5.69 Å². The highest BCUT2D eigenvalue weighted by Gasteiger charge is 2.31. The van der Waals surface area contributed by atoms with E-state index in [1.54, 1.807) is 13.0 Å². The van der Waals surface area contributed by atoms with Crippen LogP contribution in [0.4, 0.5) is 5.69 Å². The quantitative estimate of drug-likeness (QED) is 0.795. The Morgan fingerprint density at radius 3 is 2.07 bits per heavy atom. The first-order valence-corrected chi connectivity index (χ1v) is 11.2. The molecule has 1 N–H and O–H groups in total. The molecule has 0 saturated heterocycles. The lowest BCUT2D eigenvalue weighted by atomic mass is 10.00. The second kappa shape index (κ2) is 8.35. The van der Waals surface area contributed by atoms with Gasteiger partial charge in [-0.3, -0.25) is 9.10 Å². The Balaban J connectivity index is 2.33. The summed E-state index contributed by atoms with van der Waals surface area (Å²) in [5.74, 6) is -0.334. The fourth-order valence-corrected chi connectivity index (χ4v) is 4.69.